The molecule has 0 aliphatic heterocycles. The van der Waals surface area contributed by atoms with E-state index in [0.717, 1.165) is 11.4 Å². The zero-order valence-electron chi connectivity index (χ0n) is 14.9. The van der Waals surface area contributed by atoms with Gasteiger partial charge in [0.25, 0.3) is 0 Å². The van der Waals surface area contributed by atoms with Crippen molar-refractivity contribution in [2.45, 2.75) is 70.8 Å². The minimum absolute atomic E-state index is 0.0260. The molecule has 1 fully saturated rings. The Morgan fingerprint density at radius 2 is 1.50 bits per heavy atom. The molecule has 0 bridgehead atoms. The third-order valence-electron chi connectivity index (χ3n) is 4.85. The van der Waals surface area contributed by atoms with Gasteiger partial charge in [-0.05, 0) is 37.1 Å². The van der Waals surface area contributed by atoms with Gasteiger partial charge in [0.05, 0.1) is 0 Å². The minimum Gasteiger partial charge on any atom is -0.382 e. The predicted molar refractivity (Wildman–Crippen MR) is 107 cm³/mol. The van der Waals surface area contributed by atoms with Crippen LogP contribution < -0.4 is 10.6 Å². The maximum absolute atomic E-state index is 11.9. The first-order valence-electron chi connectivity index (χ1n) is 9.47. The van der Waals surface area contributed by atoms with Gasteiger partial charge < -0.3 is 10.6 Å². The van der Waals surface area contributed by atoms with Crippen LogP contribution in [0.15, 0.2) is 24.3 Å². The minimum atomic E-state index is -0.0749. The summed E-state index contributed by atoms with van der Waals surface area (Å²) < 4.78 is 0. The fourth-order valence-corrected chi connectivity index (χ4v) is 3.35. The van der Waals surface area contributed by atoms with Crippen LogP contribution in [0, 0.1) is 5.92 Å². The monoisotopic (exact) mass is 348 g/mol. The van der Waals surface area contributed by atoms with Gasteiger partial charge in [-0.25, -0.2) is 0 Å². The Balaban J connectivity index is 1.86. The van der Waals surface area contributed by atoms with Crippen LogP contribution >= 0.6 is 12.6 Å². The van der Waals surface area contributed by atoms with Gasteiger partial charge in [-0.3, -0.25) is 4.79 Å². The molecule has 0 heterocycles. The molecular weight excluding hydrogens is 316 g/mol. The Bertz CT molecular complexity index is 479. The second-order valence-corrected chi connectivity index (χ2v) is 7.41. The second-order valence-electron chi connectivity index (χ2n) is 7.04. The maximum atomic E-state index is 11.9. The smallest absolute Gasteiger partial charge is 0.228 e. The van der Waals surface area contributed by atoms with E-state index in [4.69, 9.17) is 0 Å². The van der Waals surface area contributed by atoms with Crippen LogP contribution in [-0.4, -0.2) is 17.7 Å². The molecule has 3 nitrogen and oxygen atoms in total. The lowest BCUT2D eigenvalue weighted by Crippen LogP contribution is -2.21. The van der Waals surface area contributed by atoms with E-state index in [2.05, 4.69) is 35.4 Å². The highest BCUT2D eigenvalue weighted by Crippen LogP contribution is 2.21. The Labute approximate surface area is 152 Å². The Morgan fingerprint density at radius 3 is 2.04 bits per heavy atom. The topological polar surface area (TPSA) is 41.1 Å². The van der Waals surface area contributed by atoms with Gasteiger partial charge in [0.2, 0.25) is 5.91 Å². The van der Waals surface area contributed by atoms with Crippen molar-refractivity contribution in [2.75, 3.05) is 16.4 Å². The number of carbonyl (C=O) groups excluding carboxylic acids is 1. The fraction of sp³-hybridized carbons (Fsp3) is 0.650. The highest BCUT2D eigenvalue weighted by atomic mass is 32.1. The molecule has 1 aliphatic rings. The zero-order chi connectivity index (χ0) is 17.2. The summed E-state index contributed by atoms with van der Waals surface area (Å²) >= 11 is 4.17. The summed E-state index contributed by atoms with van der Waals surface area (Å²) in [4.78, 5) is 11.9. The molecule has 0 radical (unpaired) electrons. The van der Waals surface area contributed by atoms with Gasteiger partial charge in [-0.15, -0.1) is 0 Å². The molecule has 2 rings (SSSR count). The lowest BCUT2D eigenvalue weighted by atomic mass is 9.97. The van der Waals surface area contributed by atoms with Gasteiger partial charge in [0.1, 0.15) is 0 Å². The molecule has 134 valence electrons. The fourth-order valence-electron chi connectivity index (χ4n) is 3.19. The summed E-state index contributed by atoms with van der Waals surface area (Å²) in [5.74, 6) is 0.514. The summed E-state index contributed by atoms with van der Waals surface area (Å²) in [5.41, 5.74) is 2.00. The molecule has 1 aliphatic carbocycles. The van der Waals surface area contributed by atoms with E-state index >= 15 is 0 Å². The van der Waals surface area contributed by atoms with Gasteiger partial charge in [0.15, 0.2) is 0 Å². The summed E-state index contributed by atoms with van der Waals surface area (Å²) in [6.07, 6.45) is 12.1. The van der Waals surface area contributed by atoms with Crippen LogP contribution in [0.1, 0.15) is 64.7 Å². The molecular formula is C20H32N2OS. The summed E-state index contributed by atoms with van der Waals surface area (Å²) in [5, 5.41) is 6.63. The number of hydrogen-bond acceptors (Lipinski definition) is 3. The van der Waals surface area contributed by atoms with Crippen LogP contribution in [-0.2, 0) is 4.79 Å². The number of hydrogen-bond donors (Lipinski definition) is 3. The second kappa shape index (κ2) is 10.7. The van der Waals surface area contributed by atoms with Crippen molar-refractivity contribution in [1.29, 1.82) is 0 Å². The Hall–Kier alpha value is -1.16. The van der Waals surface area contributed by atoms with Crippen LogP contribution in [0.3, 0.4) is 0 Å². The molecule has 4 heteroatoms. The van der Waals surface area contributed by atoms with E-state index < -0.39 is 0 Å². The van der Waals surface area contributed by atoms with Crippen molar-refractivity contribution in [1.82, 2.24) is 0 Å². The van der Waals surface area contributed by atoms with E-state index in [1.165, 1.54) is 57.8 Å². The largest absolute Gasteiger partial charge is 0.382 e. The molecule has 1 unspecified atom stereocenters. The molecule has 1 aromatic rings. The average molecular weight is 349 g/mol. The maximum Gasteiger partial charge on any atom is 0.228 e. The zero-order valence-corrected chi connectivity index (χ0v) is 15.8. The van der Waals surface area contributed by atoms with E-state index in [-0.39, 0.29) is 11.8 Å². The lowest BCUT2D eigenvalue weighted by molar-refractivity contribution is -0.118. The molecule has 1 aromatic carbocycles. The van der Waals surface area contributed by atoms with Crippen LogP contribution in [0.25, 0.3) is 0 Å². The first-order chi connectivity index (χ1) is 11.7. The quantitative estimate of drug-likeness (QED) is 0.615. The standard InChI is InChI=1S/C20H32N2OS/c1-16(15-24)20(23)22-19-13-11-18(12-14-19)21-17-9-7-5-3-2-4-6-8-10-17/h11-14,16-17,21,24H,2-10,15H2,1H3,(H,22,23). The number of thiol groups is 1. The average Bonchev–Trinajstić information content (AvgIpc) is 2.61. The molecule has 0 spiro atoms. The van der Waals surface area contributed by atoms with Crippen molar-refractivity contribution in [2.24, 2.45) is 5.92 Å². The van der Waals surface area contributed by atoms with Gasteiger partial charge in [-0.1, -0.05) is 51.9 Å². The van der Waals surface area contributed by atoms with Crippen molar-refractivity contribution in [3.63, 3.8) is 0 Å². The van der Waals surface area contributed by atoms with E-state index in [1.54, 1.807) is 0 Å². The number of rotatable bonds is 5. The van der Waals surface area contributed by atoms with Crippen LogP contribution in [0.4, 0.5) is 11.4 Å². The number of carbonyl (C=O) groups is 1. The molecule has 24 heavy (non-hydrogen) atoms. The van der Waals surface area contributed by atoms with Gasteiger partial charge in [-0.2, -0.15) is 12.6 Å². The molecule has 0 saturated heterocycles. The molecule has 1 amide bonds. The Morgan fingerprint density at radius 1 is 1.00 bits per heavy atom. The first kappa shape index (κ1) is 19.2. The van der Waals surface area contributed by atoms with Gasteiger partial charge in [0, 0.05) is 29.1 Å². The summed E-state index contributed by atoms with van der Waals surface area (Å²) in [7, 11) is 0. The normalized spacial score (nSPS) is 18.6. The van der Waals surface area contributed by atoms with E-state index in [9.17, 15) is 4.79 Å². The third-order valence-corrected chi connectivity index (χ3v) is 5.40. The van der Waals surface area contributed by atoms with Crippen LogP contribution in [0.2, 0.25) is 0 Å². The third kappa shape index (κ3) is 6.76. The highest BCUT2D eigenvalue weighted by Gasteiger charge is 2.12. The van der Waals surface area contributed by atoms with Crippen molar-refractivity contribution in [3.05, 3.63) is 24.3 Å². The van der Waals surface area contributed by atoms with E-state index in [0.29, 0.717) is 11.8 Å². The predicted octanol–water partition coefficient (Wildman–Crippen LogP) is 5.50. The number of anilines is 2. The van der Waals surface area contributed by atoms with Crippen molar-refractivity contribution in [3.8, 4) is 0 Å². The van der Waals surface area contributed by atoms with E-state index in [1.807, 2.05) is 19.1 Å². The summed E-state index contributed by atoms with van der Waals surface area (Å²) in [6.45, 7) is 1.89. The molecule has 2 N–H and O–H groups in total. The summed E-state index contributed by atoms with van der Waals surface area (Å²) in [6, 6.07) is 8.67. The van der Waals surface area contributed by atoms with Crippen LogP contribution in [0.5, 0.6) is 0 Å². The molecule has 1 saturated carbocycles. The van der Waals surface area contributed by atoms with Gasteiger partial charge >= 0.3 is 0 Å². The van der Waals surface area contributed by atoms with Crippen molar-refractivity contribution >= 4 is 29.9 Å². The molecule has 1 atom stereocenters. The number of amides is 1. The number of benzene rings is 1. The van der Waals surface area contributed by atoms with Crippen molar-refractivity contribution < 1.29 is 4.79 Å². The Kier molecular flexibility index (Phi) is 8.51. The first-order valence-corrected chi connectivity index (χ1v) is 10.1. The highest BCUT2D eigenvalue weighted by molar-refractivity contribution is 7.80. The molecule has 0 aromatic heterocycles. The lowest BCUT2D eigenvalue weighted by Gasteiger charge is -2.21. The number of nitrogens with one attached hydrogen (secondary N) is 2. The SMILES string of the molecule is CC(CS)C(=O)Nc1ccc(NC2CCCCCCCCC2)cc1.